The van der Waals surface area contributed by atoms with Crippen LogP contribution in [0, 0.1) is 10.1 Å². The predicted octanol–water partition coefficient (Wildman–Crippen LogP) is 1.46. The van der Waals surface area contributed by atoms with Crippen molar-refractivity contribution in [3.8, 4) is 0 Å². The van der Waals surface area contributed by atoms with Crippen LogP contribution in [0.25, 0.3) is 0 Å². The van der Waals surface area contributed by atoms with E-state index in [1.54, 1.807) is 12.1 Å². The lowest BCUT2D eigenvalue weighted by atomic mass is 10.1. The maximum absolute atomic E-state index is 10.4. The van der Waals surface area contributed by atoms with Gasteiger partial charge in [-0.05, 0) is 19.4 Å². The molecule has 0 heterocycles. The molecular formula is C11H16N2O3. The lowest BCUT2D eigenvalue weighted by Gasteiger charge is -2.23. The van der Waals surface area contributed by atoms with Gasteiger partial charge in [-0.1, -0.05) is 12.1 Å². The lowest BCUT2D eigenvalue weighted by molar-refractivity contribution is -0.384. The van der Waals surface area contributed by atoms with E-state index < -0.39 is 4.92 Å². The number of nitrogens with one attached hydrogen (secondary N) is 1. The first-order chi connectivity index (χ1) is 7.44. The zero-order chi connectivity index (χ0) is 12.2. The number of hydrogen-bond acceptors (Lipinski definition) is 4. The van der Waals surface area contributed by atoms with Gasteiger partial charge >= 0.3 is 0 Å². The number of nitrogens with zero attached hydrogens (tertiary/aromatic N) is 1. The number of nitro groups is 1. The molecule has 0 aliphatic heterocycles. The van der Waals surface area contributed by atoms with Gasteiger partial charge in [0.2, 0.25) is 0 Å². The van der Waals surface area contributed by atoms with Crippen molar-refractivity contribution in [2.45, 2.75) is 25.9 Å². The molecule has 0 aliphatic rings. The molecule has 0 radical (unpaired) electrons. The van der Waals surface area contributed by atoms with Crippen molar-refractivity contribution in [1.29, 1.82) is 0 Å². The maximum Gasteiger partial charge on any atom is 0.269 e. The average molecular weight is 224 g/mol. The summed E-state index contributed by atoms with van der Waals surface area (Å²) in [4.78, 5) is 10.0. The molecule has 0 aromatic heterocycles. The summed E-state index contributed by atoms with van der Waals surface area (Å²) in [5.41, 5.74) is 0.694. The number of nitro benzene ring substituents is 1. The lowest BCUT2D eigenvalue weighted by Crippen LogP contribution is -2.42. The van der Waals surface area contributed by atoms with Gasteiger partial charge in [0.25, 0.3) is 5.69 Å². The van der Waals surface area contributed by atoms with Crippen LogP contribution < -0.4 is 5.32 Å². The fraction of sp³-hybridized carbons (Fsp3) is 0.455. The van der Waals surface area contributed by atoms with Gasteiger partial charge in [-0.2, -0.15) is 0 Å². The van der Waals surface area contributed by atoms with Gasteiger partial charge in [-0.15, -0.1) is 0 Å². The highest BCUT2D eigenvalue weighted by Crippen LogP contribution is 2.12. The predicted molar refractivity (Wildman–Crippen MR) is 61.1 cm³/mol. The average Bonchev–Trinajstić information content (AvgIpc) is 2.27. The Morgan fingerprint density at radius 1 is 1.38 bits per heavy atom. The Hall–Kier alpha value is -1.46. The first-order valence-electron chi connectivity index (χ1n) is 5.04. The van der Waals surface area contributed by atoms with E-state index in [1.165, 1.54) is 12.1 Å². The molecule has 0 aliphatic carbocycles. The fourth-order valence-corrected chi connectivity index (χ4v) is 1.13. The third kappa shape index (κ3) is 3.60. The summed E-state index contributed by atoms with van der Waals surface area (Å²) in [7, 11) is 0. The van der Waals surface area contributed by atoms with Crippen LogP contribution in [-0.4, -0.2) is 22.2 Å². The van der Waals surface area contributed by atoms with Crippen molar-refractivity contribution in [1.82, 2.24) is 5.32 Å². The summed E-state index contributed by atoms with van der Waals surface area (Å²) in [6.07, 6.45) is 0. The van der Waals surface area contributed by atoms with E-state index in [4.69, 9.17) is 5.11 Å². The first-order valence-corrected chi connectivity index (χ1v) is 5.04. The molecule has 0 atom stereocenters. The van der Waals surface area contributed by atoms with Gasteiger partial charge < -0.3 is 10.4 Å². The van der Waals surface area contributed by atoms with Crippen molar-refractivity contribution in [3.63, 3.8) is 0 Å². The highest BCUT2D eigenvalue weighted by atomic mass is 16.6. The maximum atomic E-state index is 10.4. The Bertz CT molecular complexity index is 360. The molecular weight excluding hydrogens is 208 g/mol. The highest BCUT2D eigenvalue weighted by molar-refractivity contribution is 5.32. The van der Waals surface area contributed by atoms with Crippen LogP contribution in [0.15, 0.2) is 24.3 Å². The summed E-state index contributed by atoms with van der Waals surface area (Å²) >= 11 is 0. The van der Waals surface area contributed by atoms with Gasteiger partial charge in [0.1, 0.15) is 0 Å². The van der Waals surface area contributed by atoms with Crippen molar-refractivity contribution in [2.75, 3.05) is 6.61 Å². The van der Waals surface area contributed by atoms with E-state index >= 15 is 0 Å². The molecule has 5 heteroatoms. The van der Waals surface area contributed by atoms with Crippen LogP contribution in [0.3, 0.4) is 0 Å². The van der Waals surface area contributed by atoms with Crippen LogP contribution in [0.5, 0.6) is 0 Å². The summed E-state index contributed by atoms with van der Waals surface area (Å²) in [6.45, 7) is 4.39. The van der Waals surface area contributed by atoms with Crippen molar-refractivity contribution >= 4 is 5.69 Å². The van der Waals surface area contributed by atoms with E-state index in [0.717, 1.165) is 5.56 Å². The topological polar surface area (TPSA) is 75.4 Å². The fourth-order valence-electron chi connectivity index (χ4n) is 1.13. The van der Waals surface area contributed by atoms with Gasteiger partial charge in [-0.3, -0.25) is 10.1 Å². The molecule has 0 bridgehead atoms. The monoisotopic (exact) mass is 224 g/mol. The molecule has 88 valence electrons. The third-order valence-electron chi connectivity index (χ3n) is 2.31. The van der Waals surface area contributed by atoms with Crippen LogP contribution in [0.4, 0.5) is 5.69 Å². The van der Waals surface area contributed by atoms with Crippen LogP contribution in [0.1, 0.15) is 19.4 Å². The highest BCUT2D eigenvalue weighted by Gasteiger charge is 2.14. The standard InChI is InChI=1S/C11H16N2O3/c1-11(2,8-14)12-7-9-3-5-10(6-4-9)13(15)16/h3-6,12,14H,7-8H2,1-2H3. The number of aliphatic hydroxyl groups is 1. The normalized spacial score (nSPS) is 11.4. The second-order valence-electron chi connectivity index (χ2n) is 4.32. The van der Waals surface area contributed by atoms with E-state index in [1.807, 2.05) is 13.8 Å². The van der Waals surface area contributed by atoms with Gasteiger partial charge in [0.15, 0.2) is 0 Å². The number of non-ortho nitro benzene ring substituents is 1. The zero-order valence-corrected chi connectivity index (χ0v) is 9.43. The molecule has 0 amide bonds. The Kier molecular flexibility index (Phi) is 3.98. The molecule has 1 aromatic rings. The minimum absolute atomic E-state index is 0.0416. The van der Waals surface area contributed by atoms with E-state index in [9.17, 15) is 10.1 Å². The molecule has 0 spiro atoms. The minimum atomic E-state index is -0.422. The number of rotatable bonds is 5. The number of hydrogen-bond donors (Lipinski definition) is 2. The second kappa shape index (κ2) is 5.05. The van der Waals surface area contributed by atoms with E-state index in [-0.39, 0.29) is 17.8 Å². The molecule has 5 nitrogen and oxygen atoms in total. The molecule has 0 unspecified atom stereocenters. The van der Waals surface area contributed by atoms with Crippen molar-refractivity contribution < 1.29 is 10.0 Å². The first kappa shape index (κ1) is 12.6. The molecule has 0 fully saturated rings. The Morgan fingerprint density at radius 2 is 1.94 bits per heavy atom. The van der Waals surface area contributed by atoms with E-state index in [2.05, 4.69) is 5.32 Å². The molecule has 1 aromatic carbocycles. The Balaban J connectivity index is 2.59. The van der Waals surface area contributed by atoms with Crippen LogP contribution in [0.2, 0.25) is 0 Å². The van der Waals surface area contributed by atoms with Gasteiger partial charge in [-0.25, -0.2) is 0 Å². The summed E-state index contributed by atoms with van der Waals surface area (Å²) in [5.74, 6) is 0. The molecule has 0 saturated carbocycles. The summed E-state index contributed by atoms with van der Waals surface area (Å²) in [6, 6.07) is 6.36. The largest absolute Gasteiger partial charge is 0.394 e. The summed E-state index contributed by atoms with van der Waals surface area (Å²) < 4.78 is 0. The Labute approximate surface area is 94.3 Å². The summed E-state index contributed by atoms with van der Waals surface area (Å²) in [5, 5.41) is 22.6. The quantitative estimate of drug-likeness (QED) is 0.586. The van der Waals surface area contributed by atoms with E-state index in [0.29, 0.717) is 6.54 Å². The van der Waals surface area contributed by atoms with Crippen LogP contribution >= 0.6 is 0 Å². The molecule has 0 saturated heterocycles. The minimum Gasteiger partial charge on any atom is -0.394 e. The molecule has 16 heavy (non-hydrogen) atoms. The smallest absolute Gasteiger partial charge is 0.269 e. The number of aliphatic hydroxyl groups excluding tert-OH is 1. The number of benzene rings is 1. The third-order valence-corrected chi connectivity index (χ3v) is 2.31. The second-order valence-corrected chi connectivity index (χ2v) is 4.32. The Morgan fingerprint density at radius 3 is 2.38 bits per heavy atom. The van der Waals surface area contributed by atoms with Crippen molar-refractivity contribution in [3.05, 3.63) is 39.9 Å². The van der Waals surface area contributed by atoms with Crippen LogP contribution in [-0.2, 0) is 6.54 Å². The zero-order valence-electron chi connectivity index (χ0n) is 9.43. The van der Waals surface area contributed by atoms with Crippen molar-refractivity contribution in [2.24, 2.45) is 0 Å². The van der Waals surface area contributed by atoms with Gasteiger partial charge in [0.05, 0.1) is 11.5 Å². The SMILES string of the molecule is CC(C)(CO)NCc1ccc([N+](=O)[O-])cc1. The molecule has 2 N–H and O–H groups in total. The molecule has 1 rings (SSSR count). The van der Waals surface area contributed by atoms with Gasteiger partial charge in [0, 0.05) is 24.2 Å².